The van der Waals surface area contributed by atoms with Crippen molar-refractivity contribution in [1.82, 2.24) is 0 Å². The third kappa shape index (κ3) is 3.23. The van der Waals surface area contributed by atoms with Gasteiger partial charge in [0.1, 0.15) is 11.1 Å². The third-order valence-corrected chi connectivity index (χ3v) is 3.72. The number of carbonyl (C=O) groups excluding carboxylic acids is 1. The molecule has 0 radical (unpaired) electrons. The number of ether oxygens (including phenoxy) is 1. The van der Waals surface area contributed by atoms with Gasteiger partial charge in [0.05, 0.1) is 10.7 Å². The van der Waals surface area contributed by atoms with Crippen LogP contribution in [0, 0.1) is 5.92 Å². The predicted molar refractivity (Wildman–Crippen MR) is 79.5 cm³/mol. The van der Waals surface area contributed by atoms with Crippen molar-refractivity contribution >= 4 is 40.4 Å². The molecule has 1 amide bonds. The van der Waals surface area contributed by atoms with E-state index in [0.29, 0.717) is 22.9 Å². The van der Waals surface area contributed by atoms with Crippen molar-refractivity contribution < 1.29 is 9.53 Å². The molecule has 1 heterocycles. The second-order valence-electron chi connectivity index (χ2n) is 4.61. The van der Waals surface area contributed by atoms with E-state index >= 15 is 0 Å². The van der Waals surface area contributed by atoms with E-state index in [0.717, 1.165) is 6.42 Å². The van der Waals surface area contributed by atoms with Gasteiger partial charge in [0.2, 0.25) is 0 Å². The summed E-state index contributed by atoms with van der Waals surface area (Å²) in [4.78, 5) is 12.4. The van der Waals surface area contributed by atoms with Crippen molar-refractivity contribution in [1.29, 1.82) is 0 Å². The summed E-state index contributed by atoms with van der Waals surface area (Å²) in [5.41, 5.74) is 6.72. The van der Waals surface area contributed by atoms with Crippen LogP contribution in [0.2, 0.25) is 5.02 Å². The maximum atomic E-state index is 12.1. The molecule has 0 aliphatic carbocycles. The Labute approximate surface area is 122 Å². The number of halogens is 1. The van der Waals surface area contributed by atoms with Crippen LogP contribution in [0.25, 0.3) is 0 Å². The standard InChI is InChI=1S/C13H15ClN2O2S/c1-7-4-5-18-11(7)13(17)16-10-6-8(12(15)19)2-3-9(10)14/h2-3,6-7,11H,4-5H2,1H3,(H2,15,19)(H,16,17). The summed E-state index contributed by atoms with van der Waals surface area (Å²) in [7, 11) is 0. The Hall–Kier alpha value is -1.17. The fourth-order valence-electron chi connectivity index (χ4n) is 2.01. The fourth-order valence-corrected chi connectivity index (χ4v) is 2.30. The molecule has 2 unspecified atom stereocenters. The molecule has 19 heavy (non-hydrogen) atoms. The van der Waals surface area contributed by atoms with Gasteiger partial charge in [-0.25, -0.2) is 0 Å². The summed E-state index contributed by atoms with van der Waals surface area (Å²) in [6.07, 6.45) is 0.461. The first-order valence-corrected chi connectivity index (χ1v) is 6.79. The van der Waals surface area contributed by atoms with Crippen molar-refractivity contribution in [3.05, 3.63) is 28.8 Å². The lowest BCUT2D eigenvalue weighted by Gasteiger charge is -2.15. The van der Waals surface area contributed by atoms with Crippen LogP contribution in [0.15, 0.2) is 18.2 Å². The Balaban J connectivity index is 2.16. The monoisotopic (exact) mass is 298 g/mol. The Morgan fingerprint density at radius 1 is 1.58 bits per heavy atom. The van der Waals surface area contributed by atoms with Crippen molar-refractivity contribution in [2.75, 3.05) is 11.9 Å². The summed E-state index contributed by atoms with van der Waals surface area (Å²) in [6, 6.07) is 5.04. The van der Waals surface area contributed by atoms with Crippen molar-refractivity contribution in [3.63, 3.8) is 0 Å². The smallest absolute Gasteiger partial charge is 0.253 e. The van der Waals surface area contributed by atoms with Crippen LogP contribution < -0.4 is 11.1 Å². The SMILES string of the molecule is CC1CCOC1C(=O)Nc1cc(C(N)=S)ccc1Cl. The van der Waals surface area contributed by atoms with Crippen LogP contribution in [0.4, 0.5) is 5.69 Å². The Bertz CT molecular complexity index is 521. The molecule has 1 fully saturated rings. The zero-order chi connectivity index (χ0) is 14.0. The first-order chi connectivity index (χ1) is 8.99. The first-order valence-electron chi connectivity index (χ1n) is 6.01. The van der Waals surface area contributed by atoms with Crippen molar-refractivity contribution in [2.45, 2.75) is 19.4 Å². The molecule has 1 aliphatic rings. The van der Waals surface area contributed by atoms with E-state index in [2.05, 4.69) is 5.32 Å². The minimum absolute atomic E-state index is 0.188. The number of nitrogens with two attached hydrogens (primary N) is 1. The van der Waals surface area contributed by atoms with Gasteiger partial charge in [-0.1, -0.05) is 36.8 Å². The van der Waals surface area contributed by atoms with E-state index in [1.165, 1.54) is 0 Å². The van der Waals surface area contributed by atoms with E-state index in [-0.39, 0.29) is 16.8 Å². The van der Waals surface area contributed by atoms with E-state index in [1.54, 1.807) is 18.2 Å². The molecule has 2 atom stereocenters. The quantitative estimate of drug-likeness (QED) is 0.841. The Morgan fingerprint density at radius 2 is 2.32 bits per heavy atom. The molecule has 4 nitrogen and oxygen atoms in total. The summed E-state index contributed by atoms with van der Waals surface area (Å²) in [5, 5.41) is 3.21. The largest absolute Gasteiger partial charge is 0.389 e. The van der Waals surface area contributed by atoms with Crippen LogP contribution in [-0.2, 0) is 9.53 Å². The molecule has 1 aromatic carbocycles. The van der Waals surface area contributed by atoms with Gasteiger partial charge in [0.15, 0.2) is 0 Å². The lowest BCUT2D eigenvalue weighted by atomic mass is 10.0. The number of nitrogens with one attached hydrogen (secondary N) is 1. The number of hydrogen-bond acceptors (Lipinski definition) is 3. The van der Waals surface area contributed by atoms with E-state index in [9.17, 15) is 4.79 Å². The maximum absolute atomic E-state index is 12.1. The molecule has 0 saturated carbocycles. The van der Waals surface area contributed by atoms with Gasteiger partial charge in [-0.3, -0.25) is 4.79 Å². The molecule has 6 heteroatoms. The lowest BCUT2D eigenvalue weighted by Crippen LogP contribution is -2.31. The first kappa shape index (κ1) is 14.2. The average Bonchev–Trinajstić information content (AvgIpc) is 2.78. The number of hydrogen-bond donors (Lipinski definition) is 2. The molecule has 1 aliphatic heterocycles. The lowest BCUT2D eigenvalue weighted by molar-refractivity contribution is -0.126. The van der Waals surface area contributed by atoms with Gasteiger partial charge in [-0.15, -0.1) is 0 Å². The van der Waals surface area contributed by atoms with E-state index in [1.807, 2.05) is 6.92 Å². The molecule has 3 N–H and O–H groups in total. The predicted octanol–water partition coefficient (Wildman–Crippen LogP) is 2.34. The van der Waals surface area contributed by atoms with Crippen LogP contribution in [0.5, 0.6) is 0 Å². The summed E-state index contributed by atoms with van der Waals surface area (Å²) >= 11 is 11.0. The third-order valence-electron chi connectivity index (χ3n) is 3.15. The number of thiocarbonyl (C=S) groups is 1. The summed E-state index contributed by atoms with van der Waals surface area (Å²) in [5.74, 6) is 0.0181. The molecule has 1 aromatic rings. The molecule has 0 aromatic heterocycles. The van der Waals surface area contributed by atoms with Crippen molar-refractivity contribution in [2.24, 2.45) is 11.7 Å². The maximum Gasteiger partial charge on any atom is 0.253 e. The van der Waals surface area contributed by atoms with E-state index in [4.69, 9.17) is 34.3 Å². The highest BCUT2D eigenvalue weighted by Crippen LogP contribution is 2.26. The molecule has 0 spiro atoms. The van der Waals surface area contributed by atoms with Gasteiger partial charge in [0, 0.05) is 12.2 Å². The Morgan fingerprint density at radius 3 is 2.89 bits per heavy atom. The number of anilines is 1. The number of carbonyl (C=O) groups is 1. The Kier molecular flexibility index (Phi) is 4.39. The summed E-state index contributed by atoms with van der Waals surface area (Å²) in [6.45, 7) is 2.60. The van der Waals surface area contributed by atoms with Gasteiger partial charge in [-0.05, 0) is 24.5 Å². The zero-order valence-electron chi connectivity index (χ0n) is 10.5. The highest BCUT2D eigenvalue weighted by atomic mass is 35.5. The van der Waals surface area contributed by atoms with Gasteiger partial charge < -0.3 is 15.8 Å². The highest BCUT2D eigenvalue weighted by Gasteiger charge is 2.31. The highest BCUT2D eigenvalue weighted by molar-refractivity contribution is 7.80. The second kappa shape index (κ2) is 5.86. The molecule has 1 saturated heterocycles. The van der Waals surface area contributed by atoms with Crippen molar-refractivity contribution in [3.8, 4) is 0 Å². The van der Waals surface area contributed by atoms with Crippen LogP contribution in [0.3, 0.4) is 0 Å². The van der Waals surface area contributed by atoms with Crippen LogP contribution >= 0.6 is 23.8 Å². The molecule has 0 bridgehead atoms. The van der Waals surface area contributed by atoms with Gasteiger partial charge in [0.25, 0.3) is 5.91 Å². The normalized spacial score (nSPS) is 22.2. The molecular formula is C13H15ClN2O2S. The van der Waals surface area contributed by atoms with Gasteiger partial charge in [-0.2, -0.15) is 0 Å². The zero-order valence-corrected chi connectivity index (χ0v) is 12.1. The van der Waals surface area contributed by atoms with Crippen LogP contribution in [-0.4, -0.2) is 23.6 Å². The molecular weight excluding hydrogens is 284 g/mol. The van der Waals surface area contributed by atoms with Crippen LogP contribution in [0.1, 0.15) is 18.9 Å². The minimum Gasteiger partial charge on any atom is -0.389 e. The average molecular weight is 299 g/mol. The number of benzene rings is 1. The molecule has 2 rings (SSSR count). The fraction of sp³-hybridized carbons (Fsp3) is 0.385. The minimum atomic E-state index is -0.426. The summed E-state index contributed by atoms with van der Waals surface area (Å²) < 4.78 is 5.41. The topological polar surface area (TPSA) is 64.3 Å². The second-order valence-corrected chi connectivity index (χ2v) is 5.45. The number of rotatable bonds is 3. The van der Waals surface area contributed by atoms with Gasteiger partial charge >= 0.3 is 0 Å². The van der Waals surface area contributed by atoms with E-state index < -0.39 is 6.10 Å². The molecule has 102 valence electrons. The number of amides is 1.